The SMILES string of the molecule is CNC.c1cnc2cncn2c1. The van der Waals surface area contributed by atoms with Crippen molar-refractivity contribution < 1.29 is 0 Å². The minimum Gasteiger partial charge on any atom is -0.323 e. The van der Waals surface area contributed by atoms with E-state index in [1.165, 1.54) is 0 Å². The van der Waals surface area contributed by atoms with Gasteiger partial charge in [0.15, 0.2) is 5.65 Å². The van der Waals surface area contributed by atoms with Crippen LogP contribution in [0.2, 0.25) is 0 Å². The molecule has 0 unspecified atom stereocenters. The zero-order valence-electron chi connectivity index (χ0n) is 7.23. The molecule has 0 aromatic carbocycles. The van der Waals surface area contributed by atoms with Crippen LogP contribution in [0, 0.1) is 0 Å². The van der Waals surface area contributed by atoms with Gasteiger partial charge in [-0.3, -0.25) is 4.40 Å². The maximum Gasteiger partial charge on any atom is 0.156 e. The van der Waals surface area contributed by atoms with Crippen LogP contribution in [-0.2, 0) is 0 Å². The van der Waals surface area contributed by atoms with E-state index >= 15 is 0 Å². The Balaban J connectivity index is 0.000000213. The van der Waals surface area contributed by atoms with E-state index in [1.54, 1.807) is 18.7 Å². The maximum absolute atomic E-state index is 4.04. The molecule has 4 heteroatoms. The molecule has 0 bridgehead atoms. The number of rotatable bonds is 0. The molecule has 0 aliphatic rings. The first-order valence-electron chi connectivity index (χ1n) is 3.69. The predicted octanol–water partition coefficient (Wildman–Crippen LogP) is 0.565. The first-order valence-corrected chi connectivity index (χ1v) is 3.69. The molecule has 0 radical (unpaired) electrons. The van der Waals surface area contributed by atoms with E-state index in [1.807, 2.05) is 30.8 Å². The first-order chi connectivity index (χ1) is 5.88. The molecular weight excluding hydrogens is 152 g/mol. The number of imidazole rings is 1. The van der Waals surface area contributed by atoms with E-state index in [0.717, 1.165) is 5.65 Å². The van der Waals surface area contributed by atoms with Crippen LogP contribution in [0.25, 0.3) is 5.65 Å². The maximum atomic E-state index is 4.04. The molecule has 0 saturated heterocycles. The first kappa shape index (κ1) is 8.67. The van der Waals surface area contributed by atoms with Crippen molar-refractivity contribution in [2.75, 3.05) is 14.1 Å². The second-order valence-electron chi connectivity index (χ2n) is 2.28. The number of hydrogen-bond acceptors (Lipinski definition) is 3. The Bertz CT molecular complexity index is 298. The summed E-state index contributed by atoms with van der Waals surface area (Å²) in [6.07, 6.45) is 7.11. The number of aromatic nitrogens is 3. The summed E-state index contributed by atoms with van der Waals surface area (Å²) < 4.78 is 1.86. The third-order valence-corrected chi connectivity index (χ3v) is 1.19. The normalized spacial score (nSPS) is 9.17. The topological polar surface area (TPSA) is 42.2 Å². The lowest BCUT2D eigenvalue weighted by molar-refractivity contribution is 1.02. The summed E-state index contributed by atoms with van der Waals surface area (Å²) in [6, 6.07) is 1.87. The fourth-order valence-electron chi connectivity index (χ4n) is 0.763. The van der Waals surface area contributed by atoms with Gasteiger partial charge in [-0.25, -0.2) is 9.97 Å². The van der Waals surface area contributed by atoms with Crippen molar-refractivity contribution in [2.45, 2.75) is 0 Å². The highest BCUT2D eigenvalue weighted by Crippen LogP contribution is 1.93. The van der Waals surface area contributed by atoms with Crippen LogP contribution in [0.3, 0.4) is 0 Å². The Morgan fingerprint density at radius 3 is 2.83 bits per heavy atom. The molecular formula is C8H12N4. The van der Waals surface area contributed by atoms with Gasteiger partial charge >= 0.3 is 0 Å². The van der Waals surface area contributed by atoms with Crippen molar-refractivity contribution in [1.82, 2.24) is 19.7 Å². The van der Waals surface area contributed by atoms with E-state index in [4.69, 9.17) is 0 Å². The number of fused-ring (bicyclic) bond motifs is 1. The van der Waals surface area contributed by atoms with Gasteiger partial charge in [0, 0.05) is 12.4 Å². The van der Waals surface area contributed by atoms with E-state index < -0.39 is 0 Å². The average molecular weight is 164 g/mol. The molecule has 2 aromatic heterocycles. The summed E-state index contributed by atoms with van der Waals surface area (Å²) in [5.41, 5.74) is 0.887. The van der Waals surface area contributed by atoms with Crippen LogP contribution >= 0.6 is 0 Å². The van der Waals surface area contributed by atoms with Gasteiger partial charge < -0.3 is 5.32 Å². The lowest BCUT2D eigenvalue weighted by Crippen LogP contribution is -1.89. The Hall–Kier alpha value is -1.42. The van der Waals surface area contributed by atoms with Gasteiger partial charge in [0.1, 0.15) is 6.33 Å². The van der Waals surface area contributed by atoms with Crippen molar-refractivity contribution >= 4 is 5.65 Å². The van der Waals surface area contributed by atoms with Crippen molar-refractivity contribution in [3.63, 3.8) is 0 Å². The Kier molecular flexibility index (Phi) is 3.22. The minimum atomic E-state index is 0.887. The van der Waals surface area contributed by atoms with E-state index in [9.17, 15) is 0 Å². The molecule has 0 aliphatic carbocycles. The van der Waals surface area contributed by atoms with Gasteiger partial charge in [0.25, 0.3) is 0 Å². The van der Waals surface area contributed by atoms with Crippen LogP contribution < -0.4 is 5.32 Å². The van der Waals surface area contributed by atoms with Crippen LogP contribution in [0.4, 0.5) is 0 Å². The number of nitrogens with one attached hydrogen (secondary N) is 1. The highest BCUT2D eigenvalue weighted by Gasteiger charge is 1.86. The molecule has 0 amide bonds. The second-order valence-corrected chi connectivity index (χ2v) is 2.28. The van der Waals surface area contributed by atoms with Crippen molar-refractivity contribution in [1.29, 1.82) is 0 Å². The molecule has 64 valence electrons. The molecule has 2 aromatic rings. The van der Waals surface area contributed by atoms with Gasteiger partial charge in [-0.2, -0.15) is 0 Å². The Labute approximate surface area is 71.3 Å². The van der Waals surface area contributed by atoms with E-state index in [2.05, 4.69) is 15.3 Å². The molecule has 0 atom stereocenters. The van der Waals surface area contributed by atoms with Gasteiger partial charge in [0.05, 0.1) is 6.20 Å². The second kappa shape index (κ2) is 4.46. The van der Waals surface area contributed by atoms with Crippen LogP contribution in [0.1, 0.15) is 0 Å². The lowest BCUT2D eigenvalue weighted by atomic mass is 10.6. The van der Waals surface area contributed by atoms with Gasteiger partial charge in [0.2, 0.25) is 0 Å². The lowest BCUT2D eigenvalue weighted by Gasteiger charge is -1.85. The fourth-order valence-corrected chi connectivity index (χ4v) is 0.763. The summed E-state index contributed by atoms with van der Waals surface area (Å²) in [4.78, 5) is 7.94. The summed E-state index contributed by atoms with van der Waals surface area (Å²) in [5.74, 6) is 0. The summed E-state index contributed by atoms with van der Waals surface area (Å²) in [5, 5.41) is 2.75. The van der Waals surface area contributed by atoms with Crippen LogP contribution in [0.15, 0.2) is 31.0 Å². The molecule has 12 heavy (non-hydrogen) atoms. The van der Waals surface area contributed by atoms with Crippen LogP contribution in [-0.4, -0.2) is 28.5 Å². The molecule has 2 rings (SSSR count). The predicted molar refractivity (Wildman–Crippen MR) is 48.0 cm³/mol. The van der Waals surface area contributed by atoms with E-state index in [0.29, 0.717) is 0 Å². The van der Waals surface area contributed by atoms with Gasteiger partial charge in [-0.15, -0.1) is 0 Å². The zero-order valence-corrected chi connectivity index (χ0v) is 7.23. The molecule has 0 spiro atoms. The Morgan fingerprint density at radius 1 is 1.42 bits per heavy atom. The number of hydrogen-bond donors (Lipinski definition) is 1. The van der Waals surface area contributed by atoms with E-state index in [-0.39, 0.29) is 0 Å². The monoisotopic (exact) mass is 164 g/mol. The molecule has 0 fully saturated rings. The Morgan fingerprint density at radius 2 is 2.17 bits per heavy atom. The third-order valence-electron chi connectivity index (χ3n) is 1.19. The molecule has 0 aliphatic heterocycles. The van der Waals surface area contributed by atoms with Gasteiger partial charge in [-0.1, -0.05) is 0 Å². The summed E-state index contributed by atoms with van der Waals surface area (Å²) >= 11 is 0. The summed E-state index contributed by atoms with van der Waals surface area (Å²) in [7, 11) is 3.75. The van der Waals surface area contributed by atoms with Crippen molar-refractivity contribution in [2.24, 2.45) is 0 Å². The van der Waals surface area contributed by atoms with Crippen LogP contribution in [0.5, 0.6) is 0 Å². The van der Waals surface area contributed by atoms with Crippen molar-refractivity contribution in [3.8, 4) is 0 Å². The largest absolute Gasteiger partial charge is 0.323 e. The van der Waals surface area contributed by atoms with Gasteiger partial charge in [-0.05, 0) is 20.2 Å². The summed E-state index contributed by atoms with van der Waals surface area (Å²) in [6.45, 7) is 0. The third kappa shape index (κ3) is 2.03. The quantitative estimate of drug-likeness (QED) is 0.618. The minimum absolute atomic E-state index is 0.887. The standard InChI is InChI=1S/C6H5N3.C2H7N/c1-2-8-6-4-7-5-9(6)3-1;1-3-2/h1-5H;3H,1-2H3. The molecule has 4 nitrogen and oxygen atoms in total. The van der Waals surface area contributed by atoms with Crippen molar-refractivity contribution in [3.05, 3.63) is 31.0 Å². The molecule has 1 N–H and O–H groups in total. The smallest absolute Gasteiger partial charge is 0.156 e. The highest BCUT2D eigenvalue weighted by atomic mass is 15.0. The fraction of sp³-hybridized carbons (Fsp3) is 0.250. The highest BCUT2D eigenvalue weighted by molar-refractivity contribution is 5.33. The zero-order chi connectivity index (χ0) is 8.81. The average Bonchev–Trinajstić information content (AvgIpc) is 2.52. The molecule has 0 saturated carbocycles. The molecule has 2 heterocycles. The number of nitrogens with zero attached hydrogens (tertiary/aromatic N) is 3.